The molecule has 2 amide bonds. The quantitative estimate of drug-likeness (QED) is 0.367. The van der Waals surface area contributed by atoms with Crippen molar-refractivity contribution in [1.82, 2.24) is 4.90 Å². The van der Waals surface area contributed by atoms with Gasteiger partial charge in [-0.15, -0.1) is 0 Å². The van der Waals surface area contributed by atoms with E-state index in [4.69, 9.17) is 4.74 Å². The molecule has 1 aliphatic heterocycles. The zero-order chi connectivity index (χ0) is 19.2. The second-order valence-corrected chi connectivity index (χ2v) is 8.41. The van der Waals surface area contributed by atoms with Gasteiger partial charge in [-0.05, 0) is 82.2 Å². The highest BCUT2D eigenvalue weighted by molar-refractivity contribution is 14.1. The lowest BCUT2D eigenvalue weighted by Gasteiger charge is -2.10. The molecule has 0 radical (unpaired) electrons. The minimum atomic E-state index is -0.197. The molecule has 2 aromatic rings. The summed E-state index contributed by atoms with van der Waals surface area (Å²) >= 11 is 3.28. The fraction of sp³-hybridized carbons (Fsp3) is 0.238. The van der Waals surface area contributed by atoms with E-state index in [1.165, 1.54) is 8.47 Å². The van der Waals surface area contributed by atoms with Crippen molar-refractivity contribution in [2.75, 3.05) is 6.54 Å². The van der Waals surface area contributed by atoms with Crippen LogP contribution in [0.25, 0.3) is 6.08 Å². The Kier molecular flexibility index (Phi) is 6.95. The molecule has 0 spiro atoms. The molecule has 0 bridgehead atoms. The van der Waals surface area contributed by atoms with Crippen molar-refractivity contribution in [1.29, 1.82) is 0 Å². The topological polar surface area (TPSA) is 46.6 Å². The first-order valence-corrected chi connectivity index (χ1v) is 10.7. The molecule has 27 heavy (non-hydrogen) atoms. The molecule has 4 nitrogen and oxygen atoms in total. The molecule has 0 saturated carbocycles. The Morgan fingerprint density at radius 2 is 1.78 bits per heavy atom. The van der Waals surface area contributed by atoms with E-state index in [1.807, 2.05) is 43.3 Å². The standard InChI is InChI=1S/C21H20INO3S/c1-2-3-12-23-20(24)19(27-21(23)25)13-15-6-10-18(11-7-15)26-14-16-4-8-17(22)9-5-16/h4-11,13H,2-3,12,14H2,1H3/b19-13-. The van der Waals surface area contributed by atoms with Crippen LogP contribution in [0.5, 0.6) is 5.75 Å². The predicted octanol–water partition coefficient (Wildman–Crippen LogP) is 5.71. The van der Waals surface area contributed by atoms with Gasteiger partial charge in [0.05, 0.1) is 4.91 Å². The second-order valence-electron chi connectivity index (χ2n) is 6.17. The van der Waals surface area contributed by atoms with E-state index in [1.54, 1.807) is 6.08 Å². The summed E-state index contributed by atoms with van der Waals surface area (Å²) in [5.41, 5.74) is 1.98. The smallest absolute Gasteiger partial charge is 0.293 e. The molecular weight excluding hydrogens is 473 g/mol. The Morgan fingerprint density at radius 3 is 2.44 bits per heavy atom. The Bertz CT molecular complexity index is 847. The van der Waals surface area contributed by atoms with Gasteiger partial charge in [-0.1, -0.05) is 37.6 Å². The number of unbranched alkanes of at least 4 members (excludes halogenated alkanes) is 1. The van der Waals surface area contributed by atoms with E-state index in [0.717, 1.165) is 41.5 Å². The zero-order valence-electron chi connectivity index (χ0n) is 15.0. The van der Waals surface area contributed by atoms with Gasteiger partial charge < -0.3 is 4.74 Å². The summed E-state index contributed by atoms with van der Waals surface area (Å²) in [6.07, 6.45) is 3.54. The molecule has 1 fully saturated rings. The molecule has 2 aromatic carbocycles. The fourth-order valence-electron chi connectivity index (χ4n) is 2.57. The normalized spacial score (nSPS) is 15.6. The minimum absolute atomic E-state index is 0.183. The predicted molar refractivity (Wildman–Crippen MR) is 118 cm³/mol. The SMILES string of the molecule is CCCCN1C(=O)S/C(=C\c2ccc(OCc3ccc(I)cc3)cc2)C1=O. The molecule has 1 heterocycles. The summed E-state index contributed by atoms with van der Waals surface area (Å²) in [6, 6.07) is 15.7. The molecule has 1 aliphatic rings. The molecule has 6 heteroatoms. The molecule has 0 aromatic heterocycles. The molecule has 0 N–H and O–H groups in total. The van der Waals surface area contributed by atoms with Crippen molar-refractivity contribution in [3.63, 3.8) is 0 Å². The first-order valence-electron chi connectivity index (χ1n) is 8.79. The molecule has 140 valence electrons. The van der Waals surface area contributed by atoms with Crippen molar-refractivity contribution in [2.45, 2.75) is 26.4 Å². The molecule has 0 atom stereocenters. The van der Waals surface area contributed by atoms with Crippen molar-refractivity contribution in [3.05, 3.63) is 68.1 Å². The molecule has 0 unspecified atom stereocenters. The van der Waals surface area contributed by atoms with Gasteiger partial charge >= 0.3 is 0 Å². The van der Waals surface area contributed by atoms with E-state index in [2.05, 4.69) is 34.7 Å². The number of thioether (sulfide) groups is 1. The van der Waals surface area contributed by atoms with Crippen LogP contribution < -0.4 is 4.74 Å². The first kappa shape index (κ1) is 19.9. The van der Waals surface area contributed by atoms with Crippen molar-refractivity contribution < 1.29 is 14.3 Å². The van der Waals surface area contributed by atoms with E-state index in [9.17, 15) is 9.59 Å². The largest absolute Gasteiger partial charge is 0.489 e. The third-order valence-corrected chi connectivity index (χ3v) is 5.73. The molecule has 0 aliphatic carbocycles. The maximum atomic E-state index is 12.4. The number of rotatable bonds is 7. The van der Waals surface area contributed by atoms with Crippen LogP contribution in [0, 0.1) is 3.57 Å². The van der Waals surface area contributed by atoms with Crippen LogP contribution in [0.15, 0.2) is 53.4 Å². The zero-order valence-corrected chi connectivity index (χ0v) is 18.0. The summed E-state index contributed by atoms with van der Waals surface area (Å²) in [6.45, 7) is 3.04. The Morgan fingerprint density at radius 1 is 1.07 bits per heavy atom. The average Bonchev–Trinajstić information content (AvgIpc) is 2.94. The van der Waals surface area contributed by atoms with Gasteiger partial charge in [0.15, 0.2) is 0 Å². The monoisotopic (exact) mass is 493 g/mol. The first-order chi connectivity index (χ1) is 13.1. The van der Waals surface area contributed by atoms with Crippen LogP contribution in [-0.2, 0) is 11.4 Å². The maximum Gasteiger partial charge on any atom is 0.293 e. The Balaban J connectivity index is 1.61. The van der Waals surface area contributed by atoms with Crippen LogP contribution in [0.1, 0.15) is 30.9 Å². The highest BCUT2D eigenvalue weighted by Crippen LogP contribution is 2.32. The summed E-state index contributed by atoms with van der Waals surface area (Å²) in [7, 11) is 0. The number of hydrogen-bond donors (Lipinski definition) is 0. The van der Waals surface area contributed by atoms with Crippen LogP contribution >= 0.6 is 34.4 Å². The van der Waals surface area contributed by atoms with Gasteiger partial charge in [0.2, 0.25) is 0 Å². The van der Waals surface area contributed by atoms with Crippen molar-refractivity contribution in [2.24, 2.45) is 0 Å². The van der Waals surface area contributed by atoms with Crippen LogP contribution in [0.4, 0.5) is 4.79 Å². The number of carbonyl (C=O) groups is 2. The summed E-state index contributed by atoms with van der Waals surface area (Å²) < 4.78 is 6.99. The highest BCUT2D eigenvalue weighted by Gasteiger charge is 2.34. The number of ether oxygens (including phenoxy) is 1. The van der Waals surface area contributed by atoms with Crippen LogP contribution in [0.3, 0.4) is 0 Å². The molecule has 1 saturated heterocycles. The number of imide groups is 1. The Hall–Kier alpha value is -1.80. The van der Waals surface area contributed by atoms with Crippen LogP contribution in [-0.4, -0.2) is 22.6 Å². The maximum absolute atomic E-state index is 12.4. The summed E-state index contributed by atoms with van der Waals surface area (Å²) in [4.78, 5) is 26.2. The van der Waals surface area contributed by atoms with Gasteiger partial charge in [0, 0.05) is 10.1 Å². The van der Waals surface area contributed by atoms with E-state index in [-0.39, 0.29) is 11.1 Å². The number of carbonyl (C=O) groups excluding carboxylic acids is 2. The number of halogens is 1. The van der Waals surface area contributed by atoms with E-state index in [0.29, 0.717) is 18.1 Å². The fourth-order valence-corrected chi connectivity index (χ4v) is 3.79. The van der Waals surface area contributed by atoms with Gasteiger partial charge in [0.25, 0.3) is 11.1 Å². The third-order valence-electron chi connectivity index (χ3n) is 4.11. The van der Waals surface area contributed by atoms with Gasteiger partial charge in [-0.25, -0.2) is 0 Å². The van der Waals surface area contributed by atoms with Gasteiger partial charge in [0.1, 0.15) is 12.4 Å². The second kappa shape index (κ2) is 9.41. The minimum Gasteiger partial charge on any atom is -0.489 e. The molecule has 3 rings (SSSR count). The lowest BCUT2D eigenvalue weighted by molar-refractivity contribution is -0.122. The van der Waals surface area contributed by atoms with Crippen molar-refractivity contribution >= 4 is 51.6 Å². The number of amides is 2. The van der Waals surface area contributed by atoms with Crippen molar-refractivity contribution in [3.8, 4) is 5.75 Å². The number of hydrogen-bond acceptors (Lipinski definition) is 4. The van der Waals surface area contributed by atoms with Gasteiger partial charge in [-0.3, -0.25) is 14.5 Å². The Labute approximate surface area is 177 Å². The lowest BCUT2D eigenvalue weighted by atomic mass is 10.2. The number of nitrogens with zero attached hydrogens (tertiary/aromatic N) is 1. The van der Waals surface area contributed by atoms with E-state index < -0.39 is 0 Å². The third kappa shape index (κ3) is 5.35. The lowest BCUT2D eigenvalue weighted by Crippen LogP contribution is -2.29. The number of benzene rings is 2. The van der Waals surface area contributed by atoms with Crippen LogP contribution in [0.2, 0.25) is 0 Å². The summed E-state index contributed by atoms with van der Waals surface area (Å²) in [5.74, 6) is 0.569. The molecular formula is C21H20INO3S. The highest BCUT2D eigenvalue weighted by atomic mass is 127. The van der Waals surface area contributed by atoms with Gasteiger partial charge in [-0.2, -0.15) is 0 Å². The van der Waals surface area contributed by atoms with E-state index >= 15 is 0 Å². The summed E-state index contributed by atoms with van der Waals surface area (Å²) in [5, 5.41) is -0.183. The average molecular weight is 493 g/mol.